The van der Waals surface area contributed by atoms with Crippen LogP contribution in [-0.2, 0) is 19.1 Å². The summed E-state index contributed by atoms with van der Waals surface area (Å²) in [6, 6.07) is 12.3. The van der Waals surface area contributed by atoms with Crippen LogP contribution in [-0.4, -0.2) is 43.2 Å². The molecule has 29 heavy (non-hydrogen) atoms. The molecule has 0 aliphatic carbocycles. The molecule has 8 nitrogen and oxygen atoms in total. The molecule has 1 aromatic carbocycles. The van der Waals surface area contributed by atoms with E-state index in [0.717, 1.165) is 12.8 Å². The number of esters is 1. The summed E-state index contributed by atoms with van der Waals surface area (Å²) in [5.74, 6) is -0.151. The maximum absolute atomic E-state index is 13.1. The molecule has 1 aliphatic heterocycles. The van der Waals surface area contributed by atoms with Gasteiger partial charge in [0.15, 0.2) is 11.6 Å². The summed E-state index contributed by atoms with van der Waals surface area (Å²) in [5, 5.41) is 0. The highest BCUT2D eigenvalue weighted by molar-refractivity contribution is 6.02. The molecular weight excluding hydrogens is 374 g/mol. The molecule has 0 fully saturated rings. The zero-order valence-electron chi connectivity index (χ0n) is 16.4. The van der Waals surface area contributed by atoms with E-state index >= 15 is 0 Å². The van der Waals surface area contributed by atoms with Crippen molar-refractivity contribution in [2.75, 3.05) is 37.0 Å². The lowest BCUT2D eigenvalue weighted by atomic mass is 10.1. The summed E-state index contributed by atoms with van der Waals surface area (Å²) in [5.41, 5.74) is 6.45. The Morgan fingerprint density at radius 1 is 1.17 bits per heavy atom. The number of benzene rings is 1. The van der Waals surface area contributed by atoms with Gasteiger partial charge in [-0.15, -0.1) is 0 Å². The second-order valence-corrected chi connectivity index (χ2v) is 6.58. The minimum atomic E-state index is -0.876. The summed E-state index contributed by atoms with van der Waals surface area (Å²) >= 11 is 0. The number of nitrogens with zero attached hydrogens (tertiary/aromatic N) is 2. The number of anilines is 2. The van der Waals surface area contributed by atoms with Crippen molar-refractivity contribution >= 4 is 23.5 Å². The predicted octanol–water partition coefficient (Wildman–Crippen LogP) is 2.49. The van der Waals surface area contributed by atoms with E-state index in [1.165, 1.54) is 4.90 Å². The van der Waals surface area contributed by atoms with E-state index in [9.17, 15) is 9.59 Å². The molecule has 1 aromatic heterocycles. The smallest absolute Gasteiger partial charge is 0.326 e. The van der Waals surface area contributed by atoms with Gasteiger partial charge in [0, 0.05) is 12.2 Å². The van der Waals surface area contributed by atoms with Gasteiger partial charge in [-0.2, -0.15) is 0 Å². The maximum Gasteiger partial charge on any atom is 0.326 e. The molecule has 8 heteroatoms. The number of carbonyl (C=O) groups is 2. The minimum Gasteiger partial charge on any atom is -0.472 e. The van der Waals surface area contributed by atoms with Gasteiger partial charge >= 0.3 is 5.97 Å². The molecule has 2 aromatic rings. The second kappa shape index (κ2) is 9.88. The normalized spacial score (nSPS) is 15.6. The third-order valence-corrected chi connectivity index (χ3v) is 4.37. The first-order chi connectivity index (χ1) is 14.1. The van der Waals surface area contributed by atoms with Gasteiger partial charge in [-0.25, -0.2) is 4.98 Å². The fourth-order valence-electron chi connectivity index (χ4n) is 2.89. The molecular formula is C21H25N3O5. The van der Waals surface area contributed by atoms with Crippen molar-refractivity contribution in [3.63, 3.8) is 0 Å². The SMILES string of the molecule is CCCCOCCOC(=O)CN1C(=O)C(c2ccccc2)Oc2ccc(N)nc21. The van der Waals surface area contributed by atoms with Crippen LogP contribution in [0.4, 0.5) is 11.6 Å². The van der Waals surface area contributed by atoms with E-state index in [1.54, 1.807) is 24.3 Å². The van der Waals surface area contributed by atoms with Gasteiger partial charge in [0.25, 0.3) is 5.91 Å². The Morgan fingerprint density at radius 3 is 2.72 bits per heavy atom. The highest BCUT2D eigenvalue weighted by Gasteiger charge is 2.37. The van der Waals surface area contributed by atoms with Crippen molar-refractivity contribution in [2.45, 2.75) is 25.9 Å². The fourth-order valence-corrected chi connectivity index (χ4v) is 2.89. The van der Waals surface area contributed by atoms with Gasteiger partial charge in [0.2, 0.25) is 6.10 Å². The Kier molecular flexibility index (Phi) is 7.02. The number of hydrogen-bond acceptors (Lipinski definition) is 7. The fraction of sp³-hybridized carbons (Fsp3) is 0.381. The first kappa shape index (κ1) is 20.6. The maximum atomic E-state index is 13.1. The lowest BCUT2D eigenvalue weighted by molar-refractivity contribution is -0.145. The van der Waals surface area contributed by atoms with E-state index in [-0.39, 0.29) is 24.8 Å². The molecule has 1 unspecified atom stereocenters. The monoisotopic (exact) mass is 399 g/mol. The lowest BCUT2D eigenvalue weighted by Crippen LogP contribution is -2.45. The van der Waals surface area contributed by atoms with Crippen molar-refractivity contribution in [2.24, 2.45) is 0 Å². The predicted molar refractivity (Wildman–Crippen MR) is 107 cm³/mol. The molecule has 0 spiro atoms. The molecule has 3 rings (SSSR count). The van der Waals surface area contributed by atoms with Crippen LogP contribution in [0.5, 0.6) is 5.75 Å². The van der Waals surface area contributed by atoms with Gasteiger partial charge in [-0.05, 0) is 18.6 Å². The number of aromatic nitrogens is 1. The summed E-state index contributed by atoms with van der Waals surface area (Å²) in [7, 11) is 0. The zero-order valence-corrected chi connectivity index (χ0v) is 16.4. The van der Waals surface area contributed by atoms with Crippen LogP contribution in [0.15, 0.2) is 42.5 Å². The Hall–Kier alpha value is -3.13. The number of amides is 1. The van der Waals surface area contributed by atoms with Gasteiger partial charge in [-0.1, -0.05) is 43.7 Å². The third-order valence-electron chi connectivity index (χ3n) is 4.37. The third kappa shape index (κ3) is 5.23. The van der Waals surface area contributed by atoms with E-state index in [0.29, 0.717) is 24.5 Å². The summed E-state index contributed by atoms with van der Waals surface area (Å²) in [6.45, 7) is 2.86. The number of pyridine rings is 1. The Labute approximate surface area is 169 Å². The largest absolute Gasteiger partial charge is 0.472 e. The molecule has 0 bridgehead atoms. The van der Waals surface area contributed by atoms with Gasteiger partial charge in [-0.3, -0.25) is 14.5 Å². The van der Waals surface area contributed by atoms with Crippen LogP contribution >= 0.6 is 0 Å². The number of fused-ring (bicyclic) bond motifs is 1. The lowest BCUT2D eigenvalue weighted by Gasteiger charge is -2.33. The Morgan fingerprint density at radius 2 is 1.97 bits per heavy atom. The van der Waals surface area contributed by atoms with E-state index in [1.807, 2.05) is 18.2 Å². The van der Waals surface area contributed by atoms with Crippen LogP contribution in [0, 0.1) is 0 Å². The number of hydrogen-bond donors (Lipinski definition) is 1. The van der Waals surface area contributed by atoms with E-state index in [2.05, 4.69) is 11.9 Å². The number of unbranched alkanes of at least 4 members (excludes halogenated alkanes) is 1. The van der Waals surface area contributed by atoms with Crippen molar-refractivity contribution < 1.29 is 23.8 Å². The van der Waals surface area contributed by atoms with Crippen LogP contribution in [0.3, 0.4) is 0 Å². The van der Waals surface area contributed by atoms with E-state index in [4.69, 9.17) is 19.9 Å². The van der Waals surface area contributed by atoms with Crippen molar-refractivity contribution in [3.05, 3.63) is 48.0 Å². The van der Waals surface area contributed by atoms with Crippen LogP contribution in [0.2, 0.25) is 0 Å². The van der Waals surface area contributed by atoms with Gasteiger partial charge < -0.3 is 19.9 Å². The molecule has 2 N–H and O–H groups in total. The quantitative estimate of drug-likeness (QED) is 0.510. The molecule has 0 saturated carbocycles. The van der Waals surface area contributed by atoms with Gasteiger partial charge in [0.1, 0.15) is 19.0 Å². The van der Waals surface area contributed by atoms with E-state index < -0.39 is 18.0 Å². The molecule has 0 saturated heterocycles. The highest BCUT2D eigenvalue weighted by Crippen LogP contribution is 2.37. The average Bonchev–Trinajstić information content (AvgIpc) is 2.73. The van der Waals surface area contributed by atoms with Crippen LogP contribution in [0.25, 0.3) is 0 Å². The molecule has 1 atom stereocenters. The molecule has 2 heterocycles. The first-order valence-electron chi connectivity index (χ1n) is 9.63. The molecule has 154 valence electrons. The van der Waals surface area contributed by atoms with Crippen LogP contribution in [0.1, 0.15) is 31.4 Å². The molecule has 1 amide bonds. The number of nitrogen functional groups attached to an aromatic ring is 1. The number of rotatable bonds is 9. The van der Waals surface area contributed by atoms with Crippen LogP contribution < -0.4 is 15.4 Å². The topological polar surface area (TPSA) is 104 Å². The summed E-state index contributed by atoms with van der Waals surface area (Å²) in [4.78, 5) is 30.8. The minimum absolute atomic E-state index is 0.125. The highest BCUT2D eigenvalue weighted by atomic mass is 16.6. The Balaban J connectivity index is 1.71. The van der Waals surface area contributed by atoms with Crippen molar-refractivity contribution in [1.82, 2.24) is 4.98 Å². The van der Waals surface area contributed by atoms with Crippen molar-refractivity contribution in [3.8, 4) is 5.75 Å². The first-order valence-corrected chi connectivity index (χ1v) is 9.63. The second-order valence-electron chi connectivity index (χ2n) is 6.58. The Bertz CT molecular complexity index is 843. The summed E-state index contributed by atoms with van der Waals surface area (Å²) in [6.07, 6.45) is 1.12. The number of ether oxygens (including phenoxy) is 3. The molecule has 0 radical (unpaired) electrons. The van der Waals surface area contributed by atoms with Gasteiger partial charge in [0.05, 0.1) is 6.61 Å². The standard InChI is InChI=1S/C21H25N3O5/c1-2-3-11-27-12-13-28-18(25)14-24-20-16(9-10-17(22)23-20)29-19(21(24)26)15-7-5-4-6-8-15/h4-10,19H,2-3,11-14H2,1H3,(H2,22,23). The molecule has 1 aliphatic rings. The summed E-state index contributed by atoms with van der Waals surface area (Å²) < 4.78 is 16.4. The zero-order chi connectivity index (χ0) is 20.6. The van der Waals surface area contributed by atoms with Crippen molar-refractivity contribution in [1.29, 1.82) is 0 Å². The number of nitrogens with two attached hydrogens (primary N) is 1. The average molecular weight is 399 g/mol. The number of carbonyl (C=O) groups excluding carboxylic acids is 2.